The van der Waals surface area contributed by atoms with E-state index in [-0.39, 0.29) is 17.3 Å². The highest BCUT2D eigenvalue weighted by Crippen LogP contribution is 2.19. The van der Waals surface area contributed by atoms with Crippen molar-refractivity contribution in [3.8, 4) is 0 Å². The molecular formula is C23H22N2O6S. The van der Waals surface area contributed by atoms with E-state index in [1.807, 2.05) is 24.3 Å². The van der Waals surface area contributed by atoms with E-state index in [0.29, 0.717) is 37.4 Å². The molecule has 1 saturated heterocycles. The number of Topliss-reactive ketones (excluding diaryl/α,β-unsaturated/α-hetero) is 1. The Morgan fingerprint density at radius 3 is 2.53 bits per heavy atom. The number of H-pyrrole nitrogens is 1. The summed E-state index contributed by atoms with van der Waals surface area (Å²) < 4.78 is 36.9. The van der Waals surface area contributed by atoms with E-state index in [1.54, 1.807) is 18.3 Å². The minimum atomic E-state index is -3.57. The van der Waals surface area contributed by atoms with Crippen LogP contribution in [-0.4, -0.2) is 62.4 Å². The maximum atomic E-state index is 12.6. The van der Waals surface area contributed by atoms with Crippen LogP contribution in [0.4, 0.5) is 0 Å². The SMILES string of the molecule is O=C(C=Cc1ccc(S(=O)(=O)N2CCOCC2)cc1)OCC(=O)c1c[nH]c2ccccc12. The largest absolute Gasteiger partial charge is 0.454 e. The topological polar surface area (TPSA) is 106 Å². The van der Waals surface area contributed by atoms with Crippen LogP contribution < -0.4 is 0 Å². The molecule has 32 heavy (non-hydrogen) atoms. The van der Waals surface area contributed by atoms with E-state index in [4.69, 9.17) is 9.47 Å². The molecule has 166 valence electrons. The molecule has 1 fully saturated rings. The predicted octanol–water partition coefficient (Wildman–Crippen LogP) is 2.63. The molecule has 0 saturated carbocycles. The van der Waals surface area contributed by atoms with Crippen LogP contribution in [0.15, 0.2) is 65.7 Å². The Morgan fingerprint density at radius 1 is 1.06 bits per heavy atom. The van der Waals surface area contributed by atoms with Gasteiger partial charge in [0.05, 0.1) is 18.1 Å². The number of esters is 1. The van der Waals surface area contributed by atoms with Gasteiger partial charge in [-0.2, -0.15) is 4.31 Å². The highest BCUT2D eigenvalue weighted by atomic mass is 32.2. The molecule has 0 aliphatic carbocycles. The number of nitrogens with one attached hydrogen (secondary N) is 1. The molecule has 0 unspecified atom stereocenters. The van der Waals surface area contributed by atoms with Gasteiger partial charge in [-0.25, -0.2) is 13.2 Å². The van der Waals surface area contributed by atoms with Crippen molar-refractivity contribution in [1.82, 2.24) is 9.29 Å². The van der Waals surface area contributed by atoms with Gasteiger partial charge in [0.1, 0.15) is 0 Å². The number of hydrogen-bond acceptors (Lipinski definition) is 6. The summed E-state index contributed by atoms with van der Waals surface area (Å²) >= 11 is 0. The average Bonchev–Trinajstić information content (AvgIpc) is 3.26. The van der Waals surface area contributed by atoms with Gasteiger partial charge in [-0.1, -0.05) is 30.3 Å². The fourth-order valence-corrected chi connectivity index (χ4v) is 4.82. The fraction of sp³-hybridized carbons (Fsp3) is 0.217. The number of sulfonamides is 1. The lowest BCUT2D eigenvalue weighted by Gasteiger charge is -2.26. The molecule has 2 aromatic carbocycles. The van der Waals surface area contributed by atoms with Gasteiger partial charge in [0.25, 0.3) is 0 Å². The zero-order chi connectivity index (χ0) is 22.6. The second-order valence-electron chi connectivity index (χ2n) is 7.20. The van der Waals surface area contributed by atoms with Gasteiger partial charge in [0.2, 0.25) is 15.8 Å². The lowest BCUT2D eigenvalue weighted by Crippen LogP contribution is -2.40. The highest BCUT2D eigenvalue weighted by Gasteiger charge is 2.26. The number of morpholine rings is 1. The number of hydrogen-bond donors (Lipinski definition) is 1. The van der Waals surface area contributed by atoms with E-state index in [0.717, 1.165) is 10.9 Å². The minimum Gasteiger partial charge on any atom is -0.454 e. The van der Waals surface area contributed by atoms with Gasteiger partial charge in [-0.3, -0.25) is 4.79 Å². The first kappa shape index (κ1) is 21.9. The monoisotopic (exact) mass is 454 g/mol. The van der Waals surface area contributed by atoms with Crippen LogP contribution in [0.5, 0.6) is 0 Å². The molecular weight excluding hydrogens is 432 g/mol. The van der Waals surface area contributed by atoms with Crippen LogP contribution in [0.25, 0.3) is 17.0 Å². The number of fused-ring (bicyclic) bond motifs is 1. The Kier molecular flexibility index (Phi) is 6.50. The molecule has 0 amide bonds. The Hall–Kier alpha value is -3.27. The Balaban J connectivity index is 1.34. The van der Waals surface area contributed by atoms with E-state index in [2.05, 4.69) is 4.98 Å². The Labute approximate surface area is 185 Å². The zero-order valence-electron chi connectivity index (χ0n) is 17.2. The third kappa shape index (κ3) is 4.80. The molecule has 8 nitrogen and oxygen atoms in total. The number of ether oxygens (including phenoxy) is 2. The maximum absolute atomic E-state index is 12.6. The molecule has 0 atom stereocenters. The van der Waals surface area contributed by atoms with Crippen molar-refractivity contribution in [3.63, 3.8) is 0 Å². The van der Waals surface area contributed by atoms with E-state index >= 15 is 0 Å². The quantitative estimate of drug-likeness (QED) is 0.334. The summed E-state index contributed by atoms with van der Waals surface area (Å²) in [4.78, 5) is 27.6. The summed E-state index contributed by atoms with van der Waals surface area (Å²) in [6, 6.07) is 13.6. The predicted molar refractivity (Wildman–Crippen MR) is 119 cm³/mol. The second-order valence-corrected chi connectivity index (χ2v) is 9.14. The number of benzene rings is 2. The number of aromatic amines is 1. The van der Waals surface area contributed by atoms with Crippen LogP contribution in [0.1, 0.15) is 15.9 Å². The zero-order valence-corrected chi connectivity index (χ0v) is 18.0. The first-order valence-corrected chi connectivity index (χ1v) is 11.5. The van der Waals surface area contributed by atoms with Gasteiger partial charge in [0, 0.05) is 41.8 Å². The summed E-state index contributed by atoms with van der Waals surface area (Å²) in [5, 5.41) is 0.774. The van der Waals surface area contributed by atoms with E-state index < -0.39 is 16.0 Å². The van der Waals surface area contributed by atoms with Crippen molar-refractivity contribution in [2.24, 2.45) is 0 Å². The van der Waals surface area contributed by atoms with Crippen molar-refractivity contribution in [1.29, 1.82) is 0 Å². The third-order valence-corrected chi connectivity index (χ3v) is 7.05. The number of rotatable bonds is 7. The molecule has 0 radical (unpaired) electrons. The number of ketones is 1. The third-order valence-electron chi connectivity index (χ3n) is 5.13. The van der Waals surface area contributed by atoms with E-state index in [1.165, 1.54) is 28.6 Å². The summed E-state index contributed by atoms with van der Waals surface area (Å²) in [6.45, 7) is 1.04. The maximum Gasteiger partial charge on any atom is 0.331 e. The molecule has 1 aliphatic heterocycles. The molecule has 1 aromatic heterocycles. The highest BCUT2D eigenvalue weighted by molar-refractivity contribution is 7.89. The number of carbonyl (C=O) groups is 2. The smallest absolute Gasteiger partial charge is 0.331 e. The molecule has 1 N–H and O–H groups in total. The molecule has 4 rings (SSSR count). The lowest BCUT2D eigenvalue weighted by atomic mass is 10.1. The summed E-state index contributed by atoms with van der Waals surface area (Å²) in [5.41, 5.74) is 1.93. The van der Waals surface area contributed by atoms with Gasteiger partial charge >= 0.3 is 5.97 Å². The normalized spacial score (nSPS) is 15.2. The van der Waals surface area contributed by atoms with Gasteiger partial charge in [0.15, 0.2) is 6.61 Å². The summed E-state index contributed by atoms with van der Waals surface area (Å²) in [5.74, 6) is -0.968. The summed E-state index contributed by atoms with van der Waals surface area (Å²) in [6.07, 6.45) is 4.31. The van der Waals surface area contributed by atoms with Crippen LogP contribution in [0.2, 0.25) is 0 Å². The number of aromatic nitrogens is 1. The first-order chi connectivity index (χ1) is 15.4. The number of para-hydroxylation sites is 1. The van der Waals surface area contributed by atoms with Crippen molar-refractivity contribution in [2.45, 2.75) is 4.90 Å². The van der Waals surface area contributed by atoms with Crippen molar-refractivity contribution in [2.75, 3.05) is 32.9 Å². The molecule has 3 aromatic rings. The first-order valence-electron chi connectivity index (χ1n) is 10.1. The van der Waals surface area contributed by atoms with Gasteiger partial charge < -0.3 is 14.5 Å². The van der Waals surface area contributed by atoms with Crippen molar-refractivity contribution in [3.05, 3.63) is 71.9 Å². The standard InChI is InChI=1S/C23H22N2O6S/c26-22(20-15-24-21-4-2-1-3-19(20)21)16-31-23(27)10-7-17-5-8-18(9-6-17)32(28,29)25-11-13-30-14-12-25/h1-10,15,24H,11-14,16H2. The van der Waals surface area contributed by atoms with Crippen LogP contribution in [-0.2, 0) is 24.3 Å². The second kappa shape index (κ2) is 9.47. The molecule has 0 bridgehead atoms. The Morgan fingerprint density at radius 2 is 1.78 bits per heavy atom. The Bertz CT molecular complexity index is 1260. The lowest BCUT2D eigenvalue weighted by molar-refractivity contribution is -0.136. The van der Waals surface area contributed by atoms with Crippen LogP contribution in [0, 0.1) is 0 Å². The molecule has 0 spiro atoms. The van der Waals surface area contributed by atoms with Crippen molar-refractivity contribution < 1.29 is 27.5 Å². The van der Waals surface area contributed by atoms with Crippen LogP contribution in [0.3, 0.4) is 0 Å². The minimum absolute atomic E-state index is 0.184. The number of carbonyl (C=O) groups excluding carboxylic acids is 2. The number of nitrogens with zero attached hydrogens (tertiary/aromatic N) is 1. The van der Waals surface area contributed by atoms with Crippen LogP contribution >= 0.6 is 0 Å². The van der Waals surface area contributed by atoms with E-state index in [9.17, 15) is 18.0 Å². The molecule has 1 aliphatic rings. The summed E-state index contributed by atoms with van der Waals surface area (Å²) in [7, 11) is -3.57. The van der Waals surface area contributed by atoms with Gasteiger partial charge in [-0.15, -0.1) is 0 Å². The van der Waals surface area contributed by atoms with Gasteiger partial charge in [-0.05, 0) is 29.8 Å². The molecule has 2 heterocycles. The van der Waals surface area contributed by atoms with Crippen molar-refractivity contribution >= 4 is 38.8 Å². The average molecular weight is 455 g/mol. The molecule has 9 heteroatoms. The fourth-order valence-electron chi connectivity index (χ4n) is 3.42.